The molecule has 0 unspecified atom stereocenters. The molecule has 0 saturated heterocycles. The molecule has 0 spiro atoms. The van der Waals surface area contributed by atoms with E-state index in [0.717, 1.165) is 0 Å². The molecule has 170 valence electrons. The number of fused-ring (bicyclic) bond motifs is 3. The minimum absolute atomic E-state index is 1.31. The Balaban J connectivity index is 0.000000591. The predicted molar refractivity (Wildman–Crippen MR) is 147 cm³/mol. The van der Waals surface area contributed by atoms with Gasteiger partial charge < -0.3 is 10.2 Å². The first-order valence-electron chi connectivity index (χ1n) is 11.3. The van der Waals surface area contributed by atoms with Crippen LogP contribution in [0.5, 0.6) is 0 Å². The second kappa shape index (κ2) is 10.3. The third-order valence-electron chi connectivity index (χ3n) is 5.97. The zero-order chi connectivity index (χ0) is 24.2. The predicted octanol–water partition coefficient (Wildman–Crippen LogP) is 5.88. The van der Waals surface area contributed by atoms with Crippen LogP contribution in [-0.4, -0.2) is 38.1 Å². The SMILES string of the molecule is O=C(O)O.c1ccc2c[c]([Bi]([c]3ccc4ccccc4c3)[c]3ccc4ccccc4c3)ccc2c1. The molecule has 3 nitrogen and oxygen atoms in total. The molecule has 0 aliphatic heterocycles. The summed E-state index contributed by atoms with van der Waals surface area (Å²) in [5.74, 6) is 0. The van der Waals surface area contributed by atoms with Gasteiger partial charge in [-0.05, 0) is 0 Å². The topological polar surface area (TPSA) is 57.5 Å². The molecule has 6 aromatic rings. The van der Waals surface area contributed by atoms with Crippen molar-refractivity contribution in [3.8, 4) is 0 Å². The van der Waals surface area contributed by atoms with Gasteiger partial charge in [0, 0.05) is 0 Å². The molecule has 0 bridgehead atoms. The summed E-state index contributed by atoms with van der Waals surface area (Å²) < 4.78 is 4.58. The van der Waals surface area contributed by atoms with Gasteiger partial charge in [-0.25, -0.2) is 4.79 Å². The van der Waals surface area contributed by atoms with Crippen LogP contribution >= 0.6 is 0 Å². The molecule has 0 heterocycles. The van der Waals surface area contributed by atoms with Gasteiger partial charge >= 0.3 is 197 Å². The normalized spacial score (nSPS) is 10.9. The molecular weight excluding hydrogens is 629 g/mol. The minimum atomic E-state index is -2.48. The fourth-order valence-corrected chi connectivity index (χ4v) is 13.6. The molecule has 0 aliphatic carbocycles. The Morgan fingerprint density at radius 2 is 0.686 bits per heavy atom. The number of hydrogen-bond acceptors (Lipinski definition) is 1. The maximum atomic E-state index is 8.56. The molecule has 0 aliphatic rings. The van der Waals surface area contributed by atoms with Crippen molar-refractivity contribution >= 4 is 70.0 Å². The van der Waals surface area contributed by atoms with Gasteiger partial charge in [-0.2, -0.15) is 0 Å². The summed E-state index contributed by atoms with van der Waals surface area (Å²) in [6.07, 6.45) is -1.83. The fraction of sp³-hybridized carbons (Fsp3) is 0. The average Bonchev–Trinajstić information content (AvgIpc) is 2.88. The summed E-state index contributed by atoms with van der Waals surface area (Å²) in [6, 6.07) is 47.5. The van der Waals surface area contributed by atoms with Gasteiger partial charge in [0.05, 0.1) is 0 Å². The first-order valence-corrected chi connectivity index (χ1v) is 16.5. The molecule has 35 heavy (non-hydrogen) atoms. The van der Waals surface area contributed by atoms with Crippen LogP contribution in [0, 0.1) is 0 Å². The van der Waals surface area contributed by atoms with Gasteiger partial charge in [0.1, 0.15) is 0 Å². The molecule has 6 aromatic carbocycles. The van der Waals surface area contributed by atoms with Gasteiger partial charge in [-0.15, -0.1) is 0 Å². The zero-order valence-corrected chi connectivity index (χ0v) is 22.4. The van der Waals surface area contributed by atoms with Crippen LogP contribution in [0.25, 0.3) is 32.3 Å². The number of carbonyl (C=O) groups is 1. The van der Waals surface area contributed by atoms with Crippen LogP contribution < -0.4 is 9.81 Å². The maximum absolute atomic E-state index is 8.56. The first-order chi connectivity index (χ1) is 17.1. The van der Waals surface area contributed by atoms with Crippen molar-refractivity contribution in [3.05, 3.63) is 127 Å². The average molecular weight is 653 g/mol. The van der Waals surface area contributed by atoms with Crippen molar-refractivity contribution in [1.29, 1.82) is 0 Å². The summed E-state index contributed by atoms with van der Waals surface area (Å²) in [6.45, 7) is 0. The van der Waals surface area contributed by atoms with E-state index in [1.165, 1.54) is 42.1 Å². The number of rotatable bonds is 3. The second-order valence-corrected chi connectivity index (χ2v) is 16.8. The molecule has 0 fully saturated rings. The van der Waals surface area contributed by atoms with Crippen LogP contribution in [0.4, 0.5) is 4.79 Å². The molecule has 0 saturated carbocycles. The van der Waals surface area contributed by atoms with Gasteiger partial charge in [0.15, 0.2) is 0 Å². The van der Waals surface area contributed by atoms with E-state index >= 15 is 0 Å². The third kappa shape index (κ3) is 5.18. The first kappa shape index (κ1) is 23.0. The van der Waals surface area contributed by atoms with Crippen molar-refractivity contribution in [3.63, 3.8) is 0 Å². The Morgan fingerprint density at radius 1 is 0.429 bits per heavy atom. The Hall–Kier alpha value is -3.75. The Labute approximate surface area is 211 Å². The molecule has 6 rings (SSSR count). The zero-order valence-electron chi connectivity index (χ0n) is 18.9. The van der Waals surface area contributed by atoms with E-state index in [9.17, 15) is 0 Å². The van der Waals surface area contributed by atoms with Gasteiger partial charge in [-0.1, -0.05) is 0 Å². The van der Waals surface area contributed by atoms with E-state index in [1.54, 1.807) is 0 Å². The van der Waals surface area contributed by atoms with Crippen LogP contribution in [-0.2, 0) is 0 Å². The molecule has 0 amide bonds. The Bertz CT molecular complexity index is 1470. The summed E-state index contributed by atoms with van der Waals surface area (Å²) in [5, 5.41) is 21.9. The van der Waals surface area contributed by atoms with E-state index in [4.69, 9.17) is 15.0 Å². The molecular formula is C31H23BiO3. The number of carboxylic acid groups (broad SMARTS) is 2. The van der Waals surface area contributed by atoms with E-state index in [-0.39, 0.29) is 0 Å². The summed E-state index contributed by atoms with van der Waals surface area (Å²) in [4.78, 5) is 8.56. The molecule has 0 atom stereocenters. The van der Waals surface area contributed by atoms with Crippen LogP contribution in [0.15, 0.2) is 127 Å². The summed E-state index contributed by atoms with van der Waals surface area (Å²) in [7, 11) is 0. The third-order valence-corrected chi connectivity index (χ3v) is 15.2. The van der Waals surface area contributed by atoms with Crippen LogP contribution in [0.3, 0.4) is 0 Å². The van der Waals surface area contributed by atoms with E-state index in [1.807, 2.05) is 0 Å². The number of benzene rings is 6. The quantitative estimate of drug-likeness (QED) is 0.235. The van der Waals surface area contributed by atoms with E-state index < -0.39 is 27.9 Å². The Morgan fingerprint density at radius 3 is 0.971 bits per heavy atom. The molecule has 0 radical (unpaired) electrons. The fourth-order valence-electron chi connectivity index (χ4n) is 4.39. The van der Waals surface area contributed by atoms with Gasteiger partial charge in [0.2, 0.25) is 0 Å². The Kier molecular flexibility index (Phi) is 6.74. The van der Waals surface area contributed by atoms with E-state index in [2.05, 4.69) is 127 Å². The molecule has 2 N–H and O–H groups in total. The van der Waals surface area contributed by atoms with Crippen LogP contribution in [0.2, 0.25) is 0 Å². The summed E-state index contributed by atoms with van der Waals surface area (Å²) in [5.41, 5.74) is 0. The standard InChI is InChI=1S/3C10H7.CH2O3.Bi/c3*1-2-6-10-8-4-3-7-9(10)5-1;2-1(3)4;/h3*1-3,5-8H;(H2,2,3,4);. The van der Waals surface area contributed by atoms with Crippen molar-refractivity contribution < 1.29 is 15.0 Å². The van der Waals surface area contributed by atoms with Crippen LogP contribution in [0.1, 0.15) is 0 Å². The van der Waals surface area contributed by atoms with Crippen molar-refractivity contribution in [2.24, 2.45) is 0 Å². The van der Waals surface area contributed by atoms with Crippen molar-refractivity contribution in [2.45, 2.75) is 0 Å². The monoisotopic (exact) mass is 652 g/mol. The second-order valence-electron chi connectivity index (χ2n) is 8.21. The van der Waals surface area contributed by atoms with Gasteiger partial charge in [-0.3, -0.25) is 0 Å². The number of hydrogen-bond donors (Lipinski definition) is 2. The van der Waals surface area contributed by atoms with Crippen molar-refractivity contribution in [1.82, 2.24) is 0 Å². The molecule has 4 heteroatoms. The van der Waals surface area contributed by atoms with E-state index in [0.29, 0.717) is 0 Å². The van der Waals surface area contributed by atoms with Gasteiger partial charge in [0.25, 0.3) is 0 Å². The summed E-state index contributed by atoms with van der Waals surface area (Å²) >= 11 is -2.48. The molecule has 0 aromatic heterocycles. The van der Waals surface area contributed by atoms with Crippen molar-refractivity contribution in [2.75, 3.05) is 0 Å².